The summed E-state index contributed by atoms with van der Waals surface area (Å²) in [6.45, 7) is 0.586. The van der Waals surface area contributed by atoms with Gasteiger partial charge in [-0.05, 0) is 47.3 Å². The van der Waals surface area contributed by atoms with Gasteiger partial charge in [0.2, 0.25) is 0 Å². The van der Waals surface area contributed by atoms with Gasteiger partial charge in [-0.3, -0.25) is 0 Å². The first-order chi connectivity index (χ1) is 11.2. The number of hydrogen-bond donors (Lipinski definition) is 0. The number of halogens is 3. The smallest absolute Gasteiger partial charge is 0.161 e. The van der Waals surface area contributed by atoms with E-state index >= 15 is 0 Å². The summed E-state index contributed by atoms with van der Waals surface area (Å²) >= 11 is 15.7. The van der Waals surface area contributed by atoms with Gasteiger partial charge in [-0.2, -0.15) is 5.10 Å². The van der Waals surface area contributed by atoms with Gasteiger partial charge in [0.1, 0.15) is 5.75 Å². The number of rotatable bonds is 5. The second-order valence-corrected chi connectivity index (χ2v) is 7.28. The number of alkyl halides is 1. The van der Waals surface area contributed by atoms with Crippen molar-refractivity contribution in [3.8, 4) is 5.75 Å². The normalized spacial score (nSPS) is 14.7. The summed E-state index contributed by atoms with van der Waals surface area (Å²) in [6.07, 6.45) is 4.97. The molecule has 0 radical (unpaired) electrons. The molecule has 1 aliphatic carbocycles. The molecule has 1 fully saturated rings. The summed E-state index contributed by atoms with van der Waals surface area (Å²) in [5.41, 5.74) is 2.17. The van der Waals surface area contributed by atoms with Crippen molar-refractivity contribution in [3.63, 3.8) is 0 Å². The Morgan fingerprint density at radius 2 is 2.13 bits per heavy atom. The SMILES string of the molecule is ClCCCOc1cc2c3c(Cl)nncc3n(C3CC3)c2cc1Br. The molecule has 1 aliphatic rings. The number of fused-ring (bicyclic) bond motifs is 3. The first-order valence-electron chi connectivity index (χ1n) is 7.54. The van der Waals surface area contributed by atoms with E-state index in [1.807, 2.05) is 6.07 Å². The Morgan fingerprint density at radius 1 is 1.30 bits per heavy atom. The Hall–Kier alpha value is -1.04. The number of nitrogens with zero attached hydrogens (tertiary/aromatic N) is 3. The van der Waals surface area contributed by atoms with Gasteiger partial charge in [0.05, 0.1) is 28.3 Å². The van der Waals surface area contributed by atoms with Crippen LogP contribution in [0.2, 0.25) is 5.15 Å². The van der Waals surface area contributed by atoms with Gasteiger partial charge in [0, 0.05) is 22.7 Å². The highest BCUT2D eigenvalue weighted by molar-refractivity contribution is 9.10. The summed E-state index contributed by atoms with van der Waals surface area (Å²) in [6, 6.07) is 4.65. The van der Waals surface area contributed by atoms with Crippen LogP contribution in [-0.2, 0) is 0 Å². The van der Waals surface area contributed by atoms with Gasteiger partial charge in [-0.1, -0.05) is 11.6 Å². The number of benzene rings is 1. The van der Waals surface area contributed by atoms with E-state index in [4.69, 9.17) is 27.9 Å². The number of aromatic nitrogens is 3. The molecule has 1 saturated carbocycles. The van der Waals surface area contributed by atoms with Crippen LogP contribution in [0, 0.1) is 0 Å². The van der Waals surface area contributed by atoms with Gasteiger partial charge in [-0.15, -0.1) is 16.7 Å². The van der Waals surface area contributed by atoms with E-state index in [-0.39, 0.29) is 0 Å². The van der Waals surface area contributed by atoms with Crippen molar-refractivity contribution in [1.29, 1.82) is 0 Å². The molecule has 0 atom stereocenters. The van der Waals surface area contributed by atoms with E-state index in [2.05, 4.69) is 36.8 Å². The van der Waals surface area contributed by atoms with Crippen molar-refractivity contribution in [2.24, 2.45) is 0 Å². The zero-order chi connectivity index (χ0) is 16.0. The Bertz CT molecular complexity index is 892. The summed E-state index contributed by atoms with van der Waals surface area (Å²) in [5.74, 6) is 1.38. The van der Waals surface area contributed by atoms with E-state index in [1.54, 1.807) is 6.20 Å². The lowest BCUT2D eigenvalue weighted by Crippen LogP contribution is -1.99. The summed E-state index contributed by atoms with van der Waals surface area (Å²) < 4.78 is 9.09. The summed E-state index contributed by atoms with van der Waals surface area (Å²) in [7, 11) is 0. The average molecular weight is 415 g/mol. The molecular formula is C16H14BrCl2N3O. The molecule has 7 heteroatoms. The van der Waals surface area contributed by atoms with Crippen molar-refractivity contribution in [3.05, 3.63) is 28.0 Å². The van der Waals surface area contributed by atoms with Crippen molar-refractivity contribution in [2.45, 2.75) is 25.3 Å². The van der Waals surface area contributed by atoms with Crippen LogP contribution in [0.4, 0.5) is 0 Å². The summed E-state index contributed by atoms with van der Waals surface area (Å²) in [4.78, 5) is 0. The molecule has 1 aromatic carbocycles. The fraction of sp³-hybridized carbons (Fsp3) is 0.375. The molecular weight excluding hydrogens is 401 g/mol. The van der Waals surface area contributed by atoms with Crippen LogP contribution < -0.4 is 4.74 Å². The lowest BCUT2D eigenvalue weighted by molar-refractivity contribution is 0.317. The second-order valence-electron chi connectivity index (χ2n) is 5.69. The molecule has 0 saturated heterocycles. The van der Waals surface area contributed by atoms with Crippen LogP contribution in [-0.4, -0.2) is 27.3 Å². The number of hydrogen-bond acceptors (Lipinski definition) is 3. The predicted molar refractivity (Wildman–Crippen MR) is 96.8 cm³/mol. The molecule has 2 heterocycles. The molecule has 2 aromatic heterocycles. The van der Waals surface area contributed by atoms with Gasteiger partial charge in [0.25, 0.3) is 0 Å². The lowest BCUT2D eigenvalue weighted by atomic mass is 10.2. The van der Waals surface area contributed by atoms with Crippen LogP contribution in [0.25, 0.3) is 21.8 Å². The number of ether oxygens (including phenoxy) is 1. The van der Waals surface area contributed by atoms with Gasteiger partial charge < -0.3 is 9.30 Å². The minimum absolute atomic E-state index is 0.431. The van der Waals surface area contributed by atoms with E-state index in [0.717, 1.165) is 38.4 Å². The maximum atomic E-state index is 6.34. The molecule has 0 bridgehead atoms. The monoisotopic (exact) mass is 413 g/mol. The third kappa shape index (κ3) is 2.69. The van der Waals surface area contributed by atoms with E-state index in [0.29, 0.717) is 23.7 Å². The summed E-state index contributed by atoms with van der Waals surface area (Å²) in [5, 5.41) is 10.5. The zero-order valence-electron chi connectivity index (χ0n) is 12.2. The Balaban J connectivity index is 1.94. The van der Waals surface area contributed by atoms with Crippen LogP contribution in [0.3, 0.4) is 0 Å². The minimum Gasteiger partial charge on any atom is -0.492 e. The lowest BCUT2D eigenvalue weighted by Gasteiger charge is -2.09. The Kier molecular flexibility index (Phi) is 4.12. The molecule has 0 unspecified atom stereocenters. The third-order valence-corrected chi connectivity index (χ3v) is 5.23. The van der Waals surface area contributed by atoms with E-state index in [1.165, 1.54) is 12.8 Å². The standard InChI is InChI=1S/C16H14BrCl2N3O/c17-11-7-12-10(6-14(11)23-5-1-4-18)15-13(8-20-21-16(15)19)22(12)9-2-3-9/h6-9H,1-5H2. The molecule has 0 spiro atoms. The maximum Gasteiger partial charge on any atom is 0.161 e. The van der Waals surface area contributed by atoms with Gasteiger partial charge in [-0.25, -0.2) is 0 Å². The topological polar surface area (TPSA) is 39.9 Å². The highest BCUT2D eigenvalue weighted by Crippen LogP contribution is 2.45. The van der Waals surface area contributed by atoms with E-state index < -0.39 is 0 Å². The zero-order valence-corrected chi connectivity index (χ0v) is 15.3. The molecule has 4 rings (SSSR count). The molecule has 0 N–H and O–H groups in total. The Labute approximate surface area is 151 Å². The van der Waals surface area contributed by atoms with Gasteiger partial charge >= 0.3 is 0 Å². The molecule has 23 heavy (non-hydrogen) atoms. The second kappa shape index (κ2) is 6.11. The third-order valence-electron chi connectivity index (χ3n) is 4.07. The molecule has 0 aliphatic heterocycles. The van der Waals surface area contributed by atoms with Crippen LogP contribution in [0.1, 0.15) is 25.3 Å². The highest BCUT2D eigenvalue weighted by atomic mass is 79.9. The van der Waals surface area contributed by atoms with Crippen molar-refractivity contribution in [2.75, 3.05) is 12.5 Å². The molecule has 120 valence electrons. The van der Waals surface area contributed by atoms with E-state index in [9.17, 15) is 0 Å². The minimum atomic E-state index is 0.431. The first-order valence-corrected chi connectivity index (χ1v) is 9.24. The Morgan fingerprint density at radius 3 is 2.87 bits per heavy atom. The van der Waals surface area contributed by atoms with Crippen LogP contribution in [0.5, 0.6) is 5.75 Å². The first kappa shape index (κ1) is 15.5. The molecule has 4 nitrogen and oxygen atoms in total. The van der Waals surface area contributed by atoms with Crippen LogP contribution in [0.15, 0.2) is 22.8 Å². The van der Waals surface area contributed by atoms with Crippen molar-refractivity contribution >= 4 is 60.9 Å². The molecule has 3 aromatic rings. The molecule has 0 amide bonds. The maximum absolute atomic E-state index is 6.34. The van der Waals surface area contributed by atoms with Crippen molar-refractivity contribution < 1.29 is 4.74 Å². The predicted octanol–water partition coefficient (Wildman–Crippen LogP) is 5.34. The van der Waals surface area contributed by atoms with Crippen LogP contribution >= 0.6 is 39.1 Å². The van der Waals surface area contributed by atoms with Crippen molar-refractivity contribution in [1.82, 2.24) is 14.8 Å². The largest absolute Gasteiger partial charge is 0.492 e. The average Bonchev–Trinajstić information content (AvgIpc) is 3.31. The quantitative estimate of drug-likeness (QED) is 0.417. The fourth-order valence-electron chi connectivity index (χ4n) is 2.93. The highest BCUT2D eigenvalue weighted by Gasteiger charge is 2.29. The van der Waals surface area contributed by atoms with Gasteiger partial charge in [0.15, 0.2) is 5.15 Å². The fourth-order valence-corrected chi connectivity index (χ4v) is 3.73.